The van der Waals surface area contributed by atoms with Crippen molar-refractivity contribution in [3.63, 3.8) is 0 Å². The van der Waals surface area contributed by atoms with Crippen LogP contribution in [0.25, 0.3) is 6.08 Å². The molecule has 1 aromatic carbocycles. The average molecular weight is 369 g/mol. The van der Waals surface area contributed by atoms with Crippen LogP contribution in [-0.4, -0.2) is 5.91 Å². The average Bonchev–Trinajstić information content (AvgIpc) is 2.83. The third-order valence-electron chi connectivity index (χ3n) is 2.39. The number of benzene rings is 1. The molecule has 0 aliphatic heterocycles. The summed E-state index contributed by atoms with van der Waals surface area (Å²) < 4.78 is 1.16. The quantitative estimate of drug-likeness (QED) is 0.634. The number of rotatable bonds is 3. The van der Waals surface area contributed by atoms with E-state index in [1.807, 2.05) is 48.7 Å². The number of nitrogens with one attached hydrogen (secondary N) is 1. The first kappa shape index (κ1) is 13.3. The van der Waals surface area contributed by atoms with Crippen molar-refractivity contribution in [1.29, 1.82) is 0 Å². The third kappa shape index (κ3) is 3.68. The fourth-order valence-electron chi connectivity index (χ4n) is 1.49. The third-order valence-corrected chi connectivity index (χ3v) is 3.90. The summed E-state index contributed by atoms with van der Waals surface area (Å²) in [5, 5.41) is 4.86. The SMILES string of the molecule is Cc1cc(I)ccc1NC(=O)/C=C/c1cccs1. The molecule has 2 nitrogen and oxygen atoms in total. The second-order valence-corrected chi connectivity index (χ2v) is 6.02. The van der Waals surface area contributed by atoms with Crippen LogP contribution in [0.15, 0.2) is 41.8 Å². The van der Waals surface area contributed by atoms with E-state index in [2.05, 4.69) is 27.9 Å². The van der Waals surface area contributed by atoms with Crippen LogP contribution in [0.2, 0.25) is 0 Å². The molecule has 1 heterocycles. The molecule has 0 radical (unpaired) electrons. The smallest absolute Gasteiger partial charge is 0.248 e. The van der Waals surface area contributed by atoms with Crippen LogP contribution >= 0.6 is 33.9 Å². The summed E-state index contributed by atoms with van der Waals surface area (Å²) in [4.78, 5) is 12.8. The first-order valence-electron chi connectivity index (χ1n) is 5.44. The van der Waals surface area contributed by atoms with Crippen molar-refractivity contribution in [2.24, 2.45) is 0 Å². The molecule has 0 atom stereocenters. The molecule has 0 fully saturated rings. The Morgan fingerprint density at radius 1 is 1.39 bits per heavy atom. The minimum absolute atomic E-state index is 0.104. The number of hydrogen-bond donors (Lipinski definition) is 1. The molecule has 2 aromatic rings. The number of anilines is 1. The molecule has 1 amide bonds. The lowest BCUT2D eigenvalue weighted by Crippen LogP contribution is -2.08. The Bertz CT molecular complexity index is 575. The monoisotopic (exact) mass is 369 g/mol. The van der Waals surface area contributed by atoms with Gasteiger partial charge in [-0.3, -0.25) is 4.79 Å². The van der Waals surface area contributed by atoms with Gasteiger partial charge >= 0.3 is 0 Å². The molecule has 0 saturated carbocycles. The van der Waals surface area contributed by atoms with Gasteiger partial charge in [0.25, 0.3) is 0 Å². The number of hydrogen-bond acceptors (Lipinski definition) is 2. The predicted octanol–water partition coefficient (Wildman–Crippen LogP) is 4.31. The van der Waals surface area contributed by atoms with E-state index in [0.717, 1.165) is 19.7 Å². The highest BCUT2D eigenvalue weighted by Crippen LogP contribution is 2.18. The highest BCUT2D eigenvalue weighted by Gasteiger charge is 2.01. The van der Waals surface area contributed by atoms with Crippen LogP contribution in [0.1, 0.15) is 10.4 Å². The molecule has 0 spiro atoms. The van der Waals surface area contributed by atoms with Crippen molar-refractivity contribution in [2.45, 2.75) is 6.92 Å². The Kier molecular flexibility index (Phi) is 4.54. The van der Waals surface area contributed by atoms with Gasteiger partial charge < -0.3 is 5.32 Å². The van der Waals surface area contributed by atoms with Crippen molar-refractivity contribution in [1.82, 2.24) is 0 Å². The summed E-state index contributed by atoms with van der Waals surface area (Å²) in [6.45, 7) is 1.99. The summed E-state index contributed by atoms with van der Waals surface area (Å²) in [5.41, 5.74) is 1.93. The normalized spacial score (nSPS) is 10.8. The van der Waals surface area contributed by atoms with Crippen LogP contribution in [0.3, 0.4) is 0 Å². The number of aryl methyl sites for hydroxylation is 1. The van der Waals surface area contributed by atoms with E-state index in [-0.39, 0.29) is 5.91 Å². The lowest BCUT2D eigenvalue weighted by molar-refractivity contribution is -0.111. The topological polar surface area (TPSA) is 29.1 Å². The van der Waals surface area contributed by atoms with E-state index in [1.54, 1.807) is 17.4 Å². The Hall–Kier alpha value is -1.14. The van der Waals surface area contributed by atoms with Crippen molar-refractivity contribution in [3.05, 3.63) is 55.8 Å². The highest BCUT2D eigenvalue weighted by atomic mass is 127. The van der Waals surface area contributed by atoms with Crippen molar-refractivity contribution >= 4 is 51.6 Å². The fraction of sp³-hybridized carbons (Fsp3) is 0.0714. The van der Waals surface area contributed by atoms with Crippen LogP contribution < -0.4 is 5.32 Å². The van der Waals surface area contributed by atoms with E-state index < -0.39 is 0 Å². The van der Waals surface area contributed by atoms with Gasteiger partial charge in [0.2, 0.25) is 5.91 Å². The number of halogens is 1. The van der Waals surface area contributed by atoms with E-state index in [4.69, 9.17) is 0 Å². The summed E-state index contributed by atoms with van der Waals surface area (Å²) in [6, 6.07) is 9.88. The second kappa shape index (κ2) is 6.15. The molecule has 18 heavy (non-hydrogen) atoms. The van der Waals surface area contributed by atoms with E-state index >= 15 is 0 Å². The minimum Gasteiger partial charge on any atom is -0.322 e. The molecule has 0 saturated heterocycles. The van der Waals surface area contributed by atoms with Gasteiger partial charge in [0.15, 0.2) is 0 Å². The standard InChI is InChI=1S/C14H12INOS/c1-10-9-11(15)4-6-13(10)16-14(17)7-5-12-3-2-8-18-12/h2-9H,1H3,(H,16,17)/b7-5+. The lowest BCUT2D eigenvalue weighted by Gasteiger charge is -2.06. The van der Waals surface area contributed by atoms with Gasteiger partial charge in [-0.25, -0.2) is 0 Å². The molecule has 1 aromatic heterocycles. The molecule has 0 unspecified atom stereocenters. The van der Waals surface area contributed by atoms with Crippen LogP contribution in [0.5, 0.6) is 0 Å². The van der Waals surface area contributed by atoms with Gasteiger partial charge in [-0.1, -0.05) is 6.07 Å². The van der Waals surface area contributed by atoms with Gasteiger partial charge in [0.05, 0.1) is 0 Å². The molecular weight excluding hydrogens is 357 g/mol. The van der Waals surface area contributed by atoms with E-state index in [1.165, 1.54) is 0 Å². The molecule has 0 bridgehead atoms. The van der Waals surface area contributed by atoms with E-state index in [0.29, 0.717) is 0 Å². The highest BCUT2D eigenvalue weighted by molar-refractivity contribution is 14.1. The Balaban J connectivity index is 2.03. The van der Waals surface area contributed by atoms with Gasteiger partial charge in [-0.2, -0.15) is 0 Å². The zero-order valence-electron chi connectivity index (χ0n) is 9.81. The maximum atomic E-state index is 11.7. The van der Waals surface area contributed by atoms with Gasteiger partial charge in [0, 0.05) is 20.2 Å². The summed E-state index contributed by atoms with van der Waals surface area (Å²) in [7, 11) is 0. The van der Waals surface area contributed by atoms with Gasteiger partial charge in [-0.05, 0) is 70.8 Å². The lowest BCUT2D eigenvalue weighted by atomic mass is 10.2. The Morgan fingerprint density at radius 2 is 2.22 bits per heavy atom. The number of carbonyl (C=O) groups excluding carboxylic acids is 1. The van der Waals surface area contributed by atoms with Crippen LogP contribution in [-0.2, 0) is 4.79 Å². The maximum Gasteiger partial charge on any atom is 0.248 e. The summed E-state index contributed by atoms with van der Waals surface area (Å²) in [6.07, 6.45) is 3.38. The Morgan fingerprint density at radius 3 is 2.89 bits per heavy atom. The number of thiophene rings is 1. The largest absolute Gasteiger partial charge is 0.322 e. The maximum absolute atomic E-state index is 11.7. The molecule has 1 N–H and O–H groups in total. The summed E-state index contributed by atoms with van der Waals surface area (Å²) in [5.74, 6) is -0.104. The second-order valence-electron chi connectivity index (χ2n) is 3.80. The molecule has 4 heteroatoms. The first-order valence-corrected chi connectivity index (χ1v) is 7.40. The zero-order chi connectivity index (χ0) is 13.0. The minimum atomic E-state index is -0.104. The predicted molar refractivity (Wildman–Crippen MR) is 85.9 cm³/mol. The molecule has 0 aliphatic carbocycles. The number of amides is 1. The van der Waals surface area contributed by atoms with Gasteiger partial charge in [-0.15, -0.1) is 11.3 Å². The molecular formula is C14H12INOS. The number of carbonyl (C=O) groups is 1. The zero-order valence-corrected chi connectivity index (χ0v) is 12.8. The van der Waals surface area contributed by atoms with Crippen LogP contribution in [0, 0.1) is 10.5 Å². The fourth-order valence-corrected chi connectivity index (χ4v) is 2.75. The Labute approximate surface area is 124 Å². The van der Waals surface area contributed by atoms with Crippen molar-refractivity contribution in [2.75, 3.05) is 5.32 Å². The molecule has 92 valence electrons. The van der Waals surface area contributed by atoms with Crippen LogP contribution in [0.4, 0.5) is 5.69 Å². The van der Waals surface area contributed by atoms with E-state index in [9.17, 15) is 4.79 Å². The van der Waals surface area contributed by atoms with Gasteiger partial charge in [0.1, 0.15) is 0 Å². The molecule has 0 aliphatic rings. The van der Waals surface area contributed by atoms with Crippen molar-refractivity contribution in [3.8, 4) is 0 Å². The van der Waals surface area contributed by atoms with Crippen molar-refractivity contribution < 1.29 is 4.79 Å². The molecule has 2 rings (SSSR count). The summed E-state index contributed by atoms with van der Waals surface area (Å²) >= 11 is 3.86. The first-order chi connectivity index (χ1) is 8.65.